The number of alkyl carbamates (subject to hydrolysis) is 1. The standard InChI is InChI=1S/C13H29N3O4S/c1-10(8-14-11(17)20-12(2,3)4)15-9-13(5,6)16-21(7,18)19/h10,15-16H,8-9H2,1-7H3,(H,14,17). The zero-order chi connectivity index (χ0) is 16.9. The molecule has 126 valence electrons. The van der Waals surface area contributed by atoms with Gasteiger partial charge in [0.15, 0.2) is 0 Å². The second-order valence-corrected chi connectivity index (χ2v) is 8.67. The number of hydrogen-bond acceptors (Lipinski definition) is 5. The molecule has 3 N–H and O–H groups in total. The SMILES string of the molecule is CC(CNC(=O)OC(C)(C)C)NCC(C)(C)NS(C)(=O)=O. The van der Waals surface area contributed by atoms with E-state index in [9.17, 15) is 13.2 Å². The summed E-state index contributed by atoms with van der Waals surface area (Å²) in [7, 11) is -3.26. The fourth-order valence-corrected chi connectivity index (χ4v) is 2.67. The Morgan fingerprint density at radius 3 is 2.14 bits per heavy atom. The summed E-state index contributed by atoms with van der Waals surface area (Å²) in [5.41, 5.74) is -1.13. The molecule has 8 heteroatoms. The van der Waals surface area contributed by atoms with Gasteiger partial charge in [-0.1, -0.05) is 0 Å². The molecule has 0 saturated carbocycles. The van der Waals surface area contributed by atoms with Gasteiger partial charge in [-0.25, -0.2) is 17.9 Å². The van der Waals surface area contributed by atoms with Crippen molar-refractivity contribution in [3.8, 4) is 0 Å². The molecule has 1 amide bonds. The predicted octanol–water partition coefficient (Wildman–Crippen LogP) is 0.817. The molecule has 0 aromatic rings. The molecule has 0 aliphatic rings. The van der Waals surface area contributed by atoms with E-state index in [1.54, 1.807) is 34.6 Å². The Kier molecular flexibility index (Phi) is 7.11. The third kappa shape index (κ3) is 12.6. The minimum absolute atomic E-state index is 0.0156. The van der Waals surface area contributed by atoms with Crippen molar-refractivity contribution in [3.05, 3.63) is 0 Å². The summed E-state index contributed by atoms with van der Waals surface area (Å²) in [6, 6.07) is -0.0156. The molecule has 0 aromatic carbocycles. The van der Waals surface area contributed by atoms with Crippen molar-refractivity contribution < 1.29 is 17.9 Å². The fourth-order valence-electron chi connectivity index (χ4n) is 1.59. The maximum Gasteiger partial charge on any atom is 0.407 e. The summed E-state index contributed by atoms with van der Waals surface area (Å²) in [4.78, 5) is 11.5. The first kappa shape index (κ1) is 20.1. The van der Waals surface area contributed by atoms with Gasteiger partial charge in [0.25, 0.3) is 0 Å². The molecule has 1 atom stereocenters. The lowest BCUT2D eigenvalue weighted by Crippen LogP contribution is -2.53. The lowest BCUT2D eigenvalue weighted by atomic mass is 10.1. The van der Waals surface area contributed by atoms with Gasteiger partial charge in [0.05, 0.1) is 6.26 Å². The number of sulfonamides is 1. The number of hydrogen-bond donors (Lipinski definition) is 3. The Labute approximate surface area is 128 Å². The molecule has 0 aliphatic heterocycles. The molecule has 0 radical (unpaired) electrons. The highest BCUT2D eigenvalue weighted by molar-refractivity contribution is 7.88. The Bertz CT molecular complexity index is 441. The van der Waals surface area contributed by atoms with Crippen LogP contribution in [-0.2, 0) is 14.8 Å². The zero-order valence-corrected chi connectivity index (χ0v) is 14.8. The van der Waals surface area contributed by atoms with Crippen molar-refractivity contribution in [3.63, 3.8) is 0 Å². The fraction of sp³-hybridized carbons (Fsp3) is 0.923. The topological polar surface area (TPSA) is 96.5 Å². The summed E-state index contributed by atoms with van der Waals surface area (Å²) < 4.78 is 30.1. The van der Waals surface area contributed by atoms with E-state index in [1.165, 1.54) is 0 Å². The van der Waals surface area contributed by atoms with Crippen molar-refractivity contribution in [2.75, 3.05) is 19.3 Å². The lowest BCUT2D eigenvalue weighted by molar-refractivity contribution is 0.0523. The van der Waals surface area contributed by atoms with E-state index in [0.29, 0.717) is 13.1 Å². The van der Waals surface area contributed by atoms with Gasteiger partial charge in [0.2, 0.25) is 10.0 Å². The maximum absolute atomic E-state index is 11.5. The second kappa shape index (κ2) is 7.42. The Balaban J connectivity index is 4.11. The molecule has 0 fully saturated rings. The molecule has 0 saturated heterocycles. The summed E-state index contributed by atoms with van der Waals surface area (Å²) >= 11 is 0. The first-order valence-corrected chi connectivity index (χ1v) is 8.78. The third-order valence-electron chi connectivity index (χ3n) is 2.31. The highest BCUT2D eigenvalue weighted by Crippen LogP contribution is 2.06. The average molecular weight is 323 g/mol. The van der Waals surface area contributed by atoms with E-state index in [-0.39, 0.29) is 6.04 Å². The van der Waals surface area contributed by atoms with Crippen LogP contribution in [0.15, 0.2) is 0 Å². The summed E-state index contributed by atoms with van der Waals surface area (Å²) in [5, 5.41) is 5.83. The third-order valence-corrected chi connectivity index (χ3v) is 3.23. The number of nitrogens with one attached hydrogen (secondary N) is 3. The van der Waals surface area contributed by atoms with Crippen LogP contribution in [0, 0.1) is 0 Å². The predicted molar refractivity (Wildman–Crippen MR) is 83.8 cm³/mol. The van der Waals surface area contributed by atoms with Gasteiger partial charge < -0.3 is 15.4 Å². The number of rotatable bonds is 7. The van der Waals surface area contributed by atoms with Crippen LogP contribution < -0.4 is 15.4 Å². The lowest BCUT2D eigenvalue weighted by Gasteiger charge is -2.27. The van der Waals surface area contributed by atoms with Gasteiger partial charge in [-0.2, -0.15) is 0 Å². The molecule has 0 aliphatic carbocycles. The zero-order valence-electron chi connectivity index (χ0n) is 14.0. The summed E-state index contributed by atoms with van der Waals surface area (Å²) in [6.45, 7) is 11.7. The first-order valence-electron chi connectivity index (χ1n) is 6.89. The monoisotopic (exact) mass is 323 g/mol. The molecule has 0 aromatic heterocycles. The van der Waals surface area contributed by atoms with Gasteiger partial charge >= 0.3 is 6.09 Å². The number of carbonyl (C=O) groups is 1. The maximum atomic E-state index is 11.5. The smallest absolute Gasteiger partial charge is 0.407 e. The minimum Gasteiger partial charge on any atom is -0.444 e. The van der Waals surface area contributed by atoms with E-state index in [4.69, 9.17) is 4.74 Å². The number of ether oxygens (including phenoxy) is 1. The quantitative estimate of drug-likeness (QED) is 0.644. The highest BCUT2D eigenvalue weighted by atomic mass is 32.2. The van der Waals surface area contributed by atoms with Crippen LogP contribution in [0.3, 0.4) is 0 Å². The second-order valence-electron chi connectivity index (χ2n) is 6.92. The van der Waals surface area contributed by atoms with Crippen LogP contribution in [0.1, 0.15) is 41.5 Å². The Hall–Kier alpha value is -0.860. The Morgan fingerprint density at radius 2 is 1.71 bits per heavy atom. The molecule has 0 spiro atoms. The van der Waals surface area contributed by atoms with Crippen LogP contribution in [0.25, 0.3) is 0 Å². The van der Waals surface area contributed by atoms with E-state index >= 15 is 0 Å². The van der Waals surface area contributed by atoms with Crippen LogP contribution in [0.5, 0.6) is 0 Å². The summed E-state index contributed by atoms with van der Waals surface area (Å²) in [6.07, 6.45) is 0.659. The molecule has 0 bridgehead atoms. The van der Waals surface area contributed by atoms with Gasteiger partial charge in [0.1, 0.15) is 5.60 Å². The summed E-state index contributed by atoms with van der Waals surface area (Å²) in [5.74, 6) is 0. The van der Waals surface area contributed by atoms with Crippen molar-refractivity contribution in [2.24, 2.45) is 0 Å². The van der Waals surface area contributed by atoms with Gasteiger partial charge in [-0.05, 0) is 41.5 Å². The van der Waals surface area contributed by atoms with E-state index < -0.39 is 27.3 Å². The van der Waals surface area contributed by atoms with Crippen molar-refractivity contribution in [1.82, 2.24) is 15.4 Å². The number of amides is 1. The number of carbonyl (C=O) groups excluding carboxylic acids is 1. The molecule has 7 nitrogen and oxygen atoms in total. The minimum atomic E-state index is -3.26. The van der Waals surface area contributed by atoms with Gasteiger partial charge in [-0.3, -0.25) is 0 Å². The molecule has 0 heterocycles. The highest BCUT2D eigenvalue weighted by Gasteiger charge is 2.22. The van der Waals surface area contributed by atoms with Crippen LogP contribution in [0.4, 0.5) is 4.79 Å². The van der Waals surface area contributed by atoms with E-state index in [2.05, 4.69) is 15.4 Å². The molecule has 21 heavy (non-hydrogen) atoms. The average Bonchev–Trinajstić information content (AvgIpc) is 2.17. The van der Waals surface area contributed by atoms with Gasteiger partial charge in [-0.15, -0.1) is 0 Å². The van der Waals surface area contributed by atoms with E-state index in [0.717, 1.165) is 6.26 Å². The Morgan fingerprint density at radius 1 is 1.19 bits per heavy atom. The molecule has 0 rings (SSSR count). The molecule has 1 unspecified atom stereocenters. The van der Waals surface area contributed by atoms with Crippen molar-refractivity contribution >= 4 is 16.1 Å². The first-order chi connectivity index (χ1) is 9.20. The van der Waals surface area contributed by atoms with Crippen LogP contribution in [0.2, 0.25) is 0 Å². The molecular formula is C13H29N3O4S. The van der Waals surface area contributed by atoms with E-state index in [1.807, 2.05) is 6.92 Å². The molecular weight excluding hydrogens is 294 g/mol. The van der Waals surface area contributed by atoms with Crippen LogP contribution >= 0.6 is 0 Å². The van der Waals surface area contributed by atoms with Crippen LogP contribution in [-0.4, -0.2) is 51.0 Å². The largest absolute Gasteiger partial charge is 0.444 e. The van der Waals surface area contributed by atoms with Crippen molar-refractivity contribution in [2.45, 2.75) is 58.7 Å². The van der Waals surface area contributed by atoms with Crippen molar-refractivity contribution in [1.29, 1.82) is 0 Å². The van der Waals surface area contributed by atoms with Gasteiger partial charge in [0, 0.05) is 24.7 Å². The normalized spacial score (nSPS) is 14.6.